The van der Waals surface area contributed by atoms with Crippen LogP contribution in [0.3, 0.4) is 0 Å². The quantitative estimate of drug-likeness (QED) is 0.739. The van der Waals surface area contributed by atoms with Crippen molar-refractivity contribution in [2.75, 3.05) is 7.05 Å². The van der Waals surface area contributed by atoms with Crippen LogP contribution in [0.25, 0.3) is 0 Å². The van der Waals surface area contributed by atoms with Crippen LogP contribution < -0.4 is 0 Å². The molecule has 0 amide bonds. The lowest BCUT2D eigenvalue weighted by Crippen LogP contribution is -2.25. The zero-order chi connectivity index (χ0) is 9.84. The Kier molecular flexibility index (Phi) is 3.47. The first kappa shape index (κ1) is 10.2. The van der Waals surface area contributed by atoms with E-state index in [9.17, 15) is 0 Å². The molecule has 0 atom stereocenters. The number of hydrogen-bond donors (Lipinski definition) is 0. The molecule has 2 nitrogen and oxygen atoms in total. The molecule has 3 heteroatoms. The van der Waals surface area contributed by atoms with Gasteiger partial charge in [-0.1, -0.05) is 0 Å². The predicted octanol–water partition coefficient (Wildman–Crippen LogP) is 2.46. The molecule has 1 heterocycles. The molecule has 0 aromatic carbocycles. The summed E-state index contributed by atoms with van der Waals surface area (Å²) in [6.07, 6.45) is 0. The molecule has 1 aromatic heterocycles. The van der Waals surface area contributed by atoms with Gasteiger partial charge in [0.1, 0.15) is 6.07 Å². The Balaban J connectivity index is 2.60. The molecule has 0 aliphatic rings. The Labute approximate surface area is 83.4 Å². The zero-order valence-corrected chi connectivity index (χ0v) is 9.06. The molecule has 0 spiro atoms. The van der Waals surface area contributed by atoms with Crippen molar-refractivity contribution < 1.29 is 0 Å². The number of nitrogens with zero attached hydrogens (tertiary/aromatic N) is 2. The number of thiophene rings is 1. The minimum atomic E-state index is 0.549. The molecule has 13 heavy (non-hydrogen) atoms. The van der Waals surface area contributed by atoms with Gasteiger partial charge in [-0.25, -0.2) is 0 Å². The van der Waals surface area contributed by atoms with Crippen LogP contribution in [0.5, 0.6) is 0 Å². The number of nitriles is 1. The highest BCUT2D eigenvalue weighted by atomic mass is 32.1. The van der Waals surface area contributed by atoms with Gasteiger partial charge in [0.15, 0.2) is 0 Å². The second kappa shape index (κ2) is 4.40. The van der Waals surface area contributed by atoms with Crippen LogP contribution in [-0.4, -0.2) is 18.0 Å². The molecule has 0 bridgehead atoms. The molecular formula is C10H14N2S. The molecule has 1 aromatic rings. The van der Waals surface area contributed by atoms with Gasteiger partial charge in [0.05, 0.1) is 5.56 Å². The van der Waals surface area contributed by atoms with E-state index in [0.717, 1.165) is 12.1 Å². The van der Waals surface area contributed by atoms with Crippen molar-refractivity contribution in [1.82, 2.24) is 4.90 Å². The Hall–Kier alpha value is -0.850. The standard InChI is InChI=1S/C10H14N2S/c1-8(2)12(3)6-10-4-9(5-11)7-13-10/h4,7-8H,6H2,1-3H3. The first-order valence-electron chi connectivity index (χ1n) is 4.31. The highest BCUT2D eigenvalue weighted by molar-refractivity contribution is 7.10. The van der Waals surface area contributed by atoms with Crippen molar-refractivity contribution in [2.24, 2.45) is 0 Å². The van der Waals surface area contributed by atoms with E-state index in [1.807, 2.05) is 11.4 Å². The summed E-state index contributed by atoms with van der Waals surface area (Å²) in [6, 6.07) is 4.65. The van der Waals surface area contributed by atoms with Gasteiger partial charge in [-0.15, -0.1) is 11.3 Å². The number of rotatable bonds is 3. The van der Waals surface area contributed by atoms with Crippen molar-refractivity contribution in [3.05, 3.63) is 21.9 Å². The lowest BCUT2D eigenvalue weighted by molar-refractivity contribution is 0.268. The molecule has 0 N–H and O–H groups in total. The molecular weight excluding hydrogens is 180 g/mol. The van der Waals surface area contributed by atoms with E-state index in [1.54, 1.807) is 11.3 Å². The third-order valence-electron chi connectivity index (χ3n) is 2.07. The van der Waals surface area contributed by atoms with E-state index in [2.05, 4.69) is 31.9 Å². The lowest BCUT2D eigenvalue weighted by Gasteiger charge is -2.19. The summed E-state index contributed by atoms with van der Waals surface area (Å²) >= 11 is 1.66. The second-order valence-corrected chi connectivity index (χ2v) is 4.42. The van der Waals surface area contributed by atoms with Gasteiger partial charge in [0.2, 0.25) is 0 Å². The summed E-state index contributed by atoms with van der Waals surface area (Å²) < 4.78 is 0. The lowest BCUT2D eigenvalue weighted by atomic mass is 10.3. The molecule has 70 valence electrons. The van der Waals surface area contributed by atoms with Crippen LogP contribution >= 0.6 is 11.3 Å². The average molecular weight is 194 g/mol. The zero-order valence-electron chi connectivity index (χ0n) is 8.24. The monoisotopic (exact) mass is 194 g/mol. The SMILES string of the molecule is CC(C)N(C)Cc1cc(C#N)cs1. The maximum absolute atomic E-state index is 8.64. The highest BCUT2D eigenvalue weighted by Crippen LogP contribution is 2.16. The molecule has 0 unspecified atom stereocenters. The molecule has 1 rings (SSSR count). The highest BCUT2D eigenvalue weighted by Gasteiger charge is 2.05. The maximum Gasteiger partial charge on any atom is 0.100 e. The minimum absolute atomic E-state index is 0.549. The van der Waals surface area contributed by atoms with Crippen LogP contribution in [0.2, 0.25) is 0 Å². The number of hydrogen-bond acceptors (Lipinski definition) is 3. The van der Waals surface area contributed by atoms with E-state index in [4.69, 9.17) is 5.26 Å². The van der Waals surface area contributed by atoms with Gasteiger partial charge in [-0.05, 0) is 27.0 Å². The fourth-order valence-electron chi connectivity index (χ4n) is 0.951. The third kappa shape index (κ3) is 2.83. The van der Waals surface area contributed by atoms with E-state index < -0.39 is 0 Å². The molecule has 0 saturated heterocycles. The molecule has 0 aliphatic heterocycles. The summed E-state index contributed by atoms with van der Waals surface area (Å²) in [5, 5.41) is 10.5. The van der Waals surface area contributed by atoms with E-state index in [0.29, 0.717) is 6.04 Å². The van der Waals surface area contributed by atoms with E-state index in [1.165, 1.54) is 4.88 Å². The fourth-order valence-corrected chi connectivity index (χ4v) is 1.82. The minimum Gasteiger partial charge on any atom is -0.299 e. The summed E-state index contributed by atoms with van der Waals surface area (Å²) in [5.74, 6) is 0. The predicted molar refractivity (Wildman–Crippen MR) is 55.6 cm³/mol. The Bertz CT molecular complexity index is 309. The first-order chi connectivity index (χ1) is 6.13. The van der Waals surface area contributed by atoms with E-state index >= 15 is 0 Å². The first-order valence-corrected chi connectivity index (χ1v) is 5.19. The van der Waals surface area contributed by atoms with Crippen molar-refractivity contribution in [2.45, 2.75) is 26.4 Å². The van der Waals surface area contributed by atoms with Crippen molar-refractivity contribution in [3.63, 3.8) is 0 Å². The van der Waals surface area contributed by atoms with Crippen molar-refractivity contribution in [3.8, 4) is 6.07 Å². The summed E-state index contributed by atoms with van der Waals surface area (Å²) in [5.41, 5.74) is 0.775. The molecule has 0 fully saturated rings. The van der Waals surface area contributed by atoms with Crippen LogP contribution in [0.4, 0.5) is 0 Å². The van der Waals surface area contributed by atoms with Gasteiger partial charge in [-0.3, -0.25) is 4.90 Å². The summed E-state index contributed by atoms with van der Waals surface area (Å²) in [6.45, 7) is 5.27. The third-order valence-corrected chi connectivity index (χ3v) is 2.99. The van der Waals surface area contributed by atoms with Gasteiger partial charge < -0.3 is 0 Å². The van der Waals surface area contributed by atoms with Crippen LogP contribution in [0.1, 0.15) is 24.3 Å². The molecule has 0 saturated carbocycles. The largest absolute Gasteiger partial charge is 0.299 e. The topological polar surface area (TPSA) is 27.0 Å². The van der Waals surface area contributed by atoms with Crippen LogP contribution in [0, 0.1) is 11.3 Å². The normalized spacial score (nSPS) is 10.8. The van der Waals surface area contributed by atoms with Gasteiger partial charge >= 0.3 is 0 Å². The van der Waals surface area contributed by atoms with Gasteiger partial charge in [0, 0.05) is 22.8 Å². The van der Waals surface area contributed by atoms with Gasteiger partial charge in [0.25, 0.3) is 0 Å². The molecule has 0 radical (unpaired) electrons. The maximum atomic E-state index is 8.64. The fraction of sp³-hybridized carbons (Fsp3) is 0.500. The van der Waals surface area contributed by atoms with Crippen LogP contribution in [0.15, 0.2) is 11.4 Å². The smallest absolute Gasteiger partial charge is 0.100 e. The Morgan fingerprint density at radius 3 is 2.77 bits per heavy atom. The molecule has 0 aliphatic carbocycles. The van der Waals surface area contributed by atoms with E-state index in [-0.39, 0.29) is 0 Å². The Morgan fingerprint density at radius 1 is 1.62 bits per heavy atom. The van der Waals surface area contributed by atoms with Gasteiger partial charge in [-0.2, -0.15) is 5.26 Å². The summed E-state index contributed by atoms with van der Waals surface area (Å²) in [7, 11) is 2.09. The summed E-state index contributed by atoms with van der Waals surface area (Å²) in [4.78, 5) is 3.51. The van der Waals surface area contributed by atoms with Crippen molar-refractivity contribution >= 4 is 11.3 Å². The average Bonchev–Trinajstić information content (AvgIpc) is 2.52. The van der Waals surface area contributed by atoms with Crippen molar-refractivity contribution in [1.29, 1.82) is 5.26 Å². The second-order valence-electron chi connectivity index (χ2n) is 3.42. The Morgan fingerprint density at radius 2 is 2.31 bits per heavy atom. The van der Waals surface area contributed by atoms with Crippen LogP contribution in [-0.2, 0) is 6.54 Å².